The quantitative estimate of drug-likeness (QED) is 0.857. The van der Waals surface area contributed by atoms with E-state index in [1.165, 1.54) is 0 Å². The molecular weight excluding hydrogens is 264 g/mol. The average molecular weight is 286 g/mol. The Balaban J connectivity index is 2.10. The Hall–Kier alpha value is -2.30. The first-order valence-corrected chi connectivity index (χ1v) is 7.29. The van der Waals surface area contributed by atoms with Gasteiger partial charge < -0.3 is 15.2 Å². The first-order valence-electron chi connectivity index (χ1n) is 7.29. The van der Waals surface area contributed by atoms with Crippen molar-refractivity contribution in [1.29, 1.82) is 0 Å². The van der Waals surface area contributed by atoms with Crippen LogP contribution in [0.2, 0.25) is 0 Å². The molecule has 0 unspecified atom stereocenters. The first-order chi connectivity index (χ1) is 10.2. The van der Waals surface area contributed by atoms with Gasteiger partial charge in [0.2, 0.25) is 5.91 Å². The van der Waals surface area contributed by atoms with Gasteiger partial charge in [0.25, 0.3) is 0 Å². The summed E-state index contributed by atoms with van der Waals surface area (Å²) in [7, 11) is 0. The van der Waals surface area contributed by atoms with Gasteiger partial charge in [-0.2, -0.15) is 0 Å². The lowest BCUT2D eigenvalue weighted by atomic mass is 10.1. The molecule has 0 spiro atoms. The van der Waals surface area contributed by atoms with Crippen LogP contribution in [-0.4, -0.2) is 15.5 Å². The SMILES string of the molecule is CCC(=O)Nc1cccc(NCc2nccn2CC)c1C. The fourth-order valence-corrected chi connectivity index (χ4v) is 2.17. The van der Waals surface area contributed by atoms with Crippen molar-refractivity contribution in [3.8, 4) is 0 Å². The van der Waals surface area contributed by atoms with E-state index < -0.39 is 0 Å². The summed E-state index contributed by atoms with van der Waals surface area (Å²) in [5, 5.41) is 6.30. The zero-order valence-electron chi connectivity index (χ0n) is 12.8. The molecule has 1 aromatic carbocycles. The number of hydrogen-bond donors (Lipinski definition) is 2. The van der Waals surface area contributed by atoms with Crippen LogP contribution in [-0.2, 0) is 17.9 Å². The minimum absolute atomic E-state index is 0.0248. The van der Waals surface area contributed by atoms with Gasteiger partial charge in [-0.1, -0.05) is 13.0 Å². The third-order valence-corrected chi connectivity index (χ3v) is 3.51. The van der Waals surface area contributed by atoms with Crippen LogP contribution in [0.5, 0.6) is 0 Å². The molecule has 2 N–H and O–H groups in total. The van der Waals surface area contributed by atoms with Gasteiger partial charge in [-0.05, 0) is 31.5 Å². The Morgan fingerprint density at radius 2 is 2.05 bits per heavy atom. The Morgan fingerprint density at radius 1 is 1.29 bits per heavy atom. The molecule has 0 aliphatic carbocycles. The molecule has 0 aliphatic rings. The Kier molecular flexibility index (Phi) is 4.98. The predicted molar refractivity (Wildman–Crippen MR) is 85.3 cm³/mol. The van der Waals surface area contributed by atoms with Gasteiger partial charge >= 0.3 is 0 Å². The Bertz CT molecular complexity index is 618. The number of aryl methyl sites for hydroxylation is 1. The van der Waals surface area contributed by atoms with Crippen molar-refractivity contribution < 1.29 is 4.79 Å². The number of carbonyl (C=O) groups is 1. The van der Waals surface area contributed by atoms with Crippen LogP contribution >= 0.6 is 0 Å². The van der Waals surface area contributed by atoms with E-state index in [1.54, 1.807) is 0 Å². The summed E-state index contributed by atoms with van der Waals surface area (Å²) in [6, 6.07) is 5.87. The minimum atomic E-state index is 0.0248. The van der Waals surface area contributed by atoms with Crippen molar-refractivity contribution in [1.82, 2.24) is 9.55 Å². The van der Waals surface area contributed by atoms with E-state index in [1.807, 2.05) is 44.4 Å². The van der Waals surface area contributed by atoms with E-state index in [-0.39, 0.29) is 5.91 Å². The smallest absolute Gasteiger partial charge is 0.224 e. The van der Waals surface area contributed by atoms with Gasteiger partial charge in [0.15, 0.2) is 0 Å². The van der Waals surface area contributed by atoms with E-state index in [9.17, 15) is 4.79 Å². The number of amides is 1. The molecule has 0 aliphatic heterocycles. The third kappa shape index (κ3) is 3.62. The summed E-state index contributed by atoms with van der Waals surface area (Å²) in [6.07, 6.45) is 4.26. The standard InChI is InChI=1S/C16H22N4O/c1-4-16(21)19-14-8-6-7-13(12(14)3)18-11-15-17-9-10-20(15)5-2/h6-10,18H,4-5,11H2,1-3H3,(H,19,21). The number of anilines is 2. The fraction of sp³-hybridized carbons (Fsp3) is 0.375. The van der Waals surface area contributed by atoms with Crippen LogP contribution in [0.15, 0.2) is 30.6 Å². The fourth-order valence-electron chi connectivity index (χ4n) is 2.17. The van der Waals surface area contributed by atoms with Crippen molar-refractivity contribution in [2.45, 2.75) is 40.3 Å². The first kappa shape index (κ1) is 15.1. The monoisotopic (exact) mass is 286 g/mol. The number of nitrogens with zero attached hydrogens (tertiary/aromatic N) is 2. The van der Waals surface area contributed by atoms with Crippen LogP contribution in [0.3, 0.4) is 0 Å². The Labute approximate surface area is 125 Å². The van der Waals surface area contributed by atoms with Crippen molar-refractivity contribution >= 4 is 17.3 Å². The molecule has 1 amide bonds. The van der Waals surface area contributed by atoms with Crippen LogP contribution in [0, 0.1) is 6.92 Å². The highest BCUT2D eigenvalue weighted by Crippen LogP contribution is 2.23. The van der Waals surface area contributed by atoms with Gasteiger partial charge in [-0.15, -0.1) is 0 Å². The second-order valence-electron chi connectivity index (χ2n) is 4.86. The maximum atomic E-state index is 11.5. The number of nitrogens with one attached hydrogen (secondary N) is 2. The van der Waals surface area contributed by atoms with Gasteiger partial charge in [-0.3, -0.25) is 4.79 Å². The van der Waals surface area contributed by atoms with Gasteiger partial charge in [-0.25, -0.2) is 4.98 Å². The number of aromatic nitrogens is 2. The number of carbonyl (C=O) groups excluding carboxylic acids is 1. The average Bonchev–Trinajstić information content (AvgIpc) is 2.95. The van der Waals surface area contributed by atoms with Gasteiger partial charge in [0.05, 0.1) is 6.54 Å². The molecule has 1 aromatic heterocycles. The molecule has 1 heterocycles. The summed E-state index contributed by atoms with van der Waals surface area (Å²) < 4.78 is 2.10. The second-order valence-corrected chi connectivity index (χ2v) is 4.86. The van der Waals surface area contributed by atoms with E-state index in [0.29, 0.717) is 13.0 Å². The molecule has 0 saturated carbocycles. The lowest BCUT2D eigenvalue weighted by molar-refractivity contribution is -0.115. The molecule has 2 aromatic rings. The summed E-state index contributed by atoms with van der Waals surface area (Å²) >= 11 is 0. The van der Waals surface area contributed by atoms with E-state index in [0.717, 1.165) is 29.3 Å². The molecule has 0 fully saturated rings. The lowest BCUT2D eigenvalue weighted by Gasteiger charge is -2.14. The summed E-state index contributed by atoms with van der Waals surface area (Å²) in [6.45, 7) is 7.50. The molecule has 0 saturated heterocycles. The number of hydrogen-bond acceptors (Lipinski definition) is 3. The van der Waals surface area contributed by atoms with Crippen molar-refractivity contribution in [3.05, 3.63) is 42.0 Å². The molecule has 0 atom stereocenters. The molecular formula is C16H22N4O. The number of imidazole rings is 1. The summed E-state index contributed by atoms with van der Waals surface area (Å²) in [5.74, 6) is 1.02. The van der Waals surface area contributed by atoms with Crippen LogP contribution in [0.25, 0.3) is 0 Å². The lowest BCUT2D eigenvalue weighted by Crippen LogP contribution is -2.12. The number of benzene rings is 1. The summed E-state index contributed by atoms with van der Waals surface area (Å²) in [4.78, 5) is 15.9. The predicted octanol–water partition coefficient (Wildman–Crippen LogP) is 3.17. The van der Waals surface area contributed by atoms with Crippen molar-refractivity contribution in [3.63, 3.8) is 0 Å². The largest absolute Gasteiger partial charge is 0.378 e. The zero-order chi connectivity index (χ0) is 15.2. The second kappa shape index (κ2) is 6.92. The normalized spacial score (nSPS) is 10.4. The molecule has 5 nitrogen and oxygen atoms in total. The highest BCUT2D eigenvalue weighted by atomic mass is 16.1. The maximum Gasteiger partial charge on any atom is 0.224 e. The molecule has 112 valence electrons. The van der Waals surface area contributed by atoms with E-state index in [4.69, 9.17) is 0 Å². The molecule has 5 heteroatoms. The van der Waals surface area contributed by atoms with Crippen LogP contribution < -0.4 is 10.6 Å². The van der Waals surface area contributed by atoms with Crippen molar-refractivity contribution in [2.75, 3.05) is 10.6 Å². The van der Waals surface area contributed by atoms with Crippen molar-refractivity contribution in [2.24, 2.45) is 0 Å². The Morgan fingerprint density at radius 3 is 2.76 bits per heavy atom. The summed E-state index contributed by atoms with van der Waals surface area (Å²) in [5.41, 5.74) is 2.90. The number of rotatable bonds is 6. The third-order valence-electron chi connectivity index (χ3n) is 3.51. The molecule has 21 heavy (non-hydrogen) atoms. The highest BCUT2D eigenvalue weighted by molar-refractivity contribution is 5.92. The minimum Gasteiger partial charge on any atom is -0.378 e. The highest BCUT2D eigenvalue weighted by Gasteiger charge is 2.07. The topological polar surface area (TPSA) is 59.0 Å². The zero-order valence-corrected chi connectivity index (χ0v) is 12.8. The maximum absolute atomic E-state index is 11.5. The van der Waals surface area contributed by atoms with Crippen LogP contribution in [0.1, 0.15) is 31.7 Å². The molecule has 2 rings (SSSR count). The van der Waals surface area contributed by atoms with E-state index in [2.05, 4.69) is 27.1 Å². The van der Waals surface area contributed by atoms with E-state index >= 15 is 0 Å². The molecule has 0 radical (unpaired) electrons. The van der Waals surface area contributed by atoms with Gasteiger partial charge in [0, 0.05) is 36.7 Å². The molecule has 0 bridgehead atoms. The van der Waals surface area contributed by atoms with Gasteiger partial charge in [0.1, 0.15) is 5.82 Å². The van der Waals surface area contributed by atoms with Crippen LogP contribution in [0.4, 0.5) is 11.4 Å².